The topological polar surface area (TPSA) is 55.1 Å². The number of halogens is 1. The molecule has 2 aromatic rings. The Bertz CT molecular complexity index is 610. The monoisotopic (exact) mass is 308 g/mol. The molecule has 0 aliphatic heterocycles. The number of carbonyl (C=O) groups is 1. The summed E-state index contributed by atoms with van der Waals surface area (Å²) >= 11 is 1.25. The van der Waals surface area contributed by atoms with Crippen molar-refractivity contribution in [3.63, 3.8) is 0 Å². The average Bonchev–Trinajstić information content (AvgIpc) is 2.87. The molecule has 1 N–H and O–H groups in total. The highest BCUT2D eigenvalue weighted by molar-refractivity contribution is 8.00. The molecule has 1 heterocycles. The first-order chi connectivity index (χ1) is 9.95. The maximum absolute atomic E-state index is 12.9. The van der Waals surface area contributed by atoms with Gasteiger partial charge in [0.15, 0.2) is 5.76 Å². The lowest BCUT2D eigenvalue weighted by atomic mass is 10.2. The fourth-order valence-corrected chi connectivity index (χ4v) is 2.40. The summed E-state index contributed by atoms with van der Waals surface area (Å²) in [7, 11) is 0. The van der Waals surface area contributed by atoms with Gasteiger partial charge in [-0.2, -0.15) is 0 Å². The van der Waals surface area contributed by atoms with Gasteiger partial charge in [-0.25, -0.2) is 9.37 Å². The number of carbonyl (C=O) groups excluding carboxylic acids is 1. The van der Waals surface area contributed by atoms with E-state index in [9.17, 15) is 9.18 Å². The number of oxazole rings is 1. The highest BCUT2D eigenvalue weighted by Crippen LogP contribution is 2.28. The molecule has 112 valence electrons. The van der Waals surface area contributed by atoms with Crippen LogP contribution in [0.4, 0.5) is 4.39 Å². The van der Waals surface area contributed by atoms with Crippen LogP contribution in [-0.4, -0.2) is 22.2 Å². The van der Waals surface area contributed by atoms with E-state index in [4.69, 9.17) is 4.42 Å². The van der Waals surface area contributed by atoms with Crippen molar-refractivity contribution in [2.45, 2.75) is 37.3 Å². The van der Waals surface area contributed by atoms with Crippen LogP contribution in [0.5, 0.6) is 0 Å². The van der Waals surface area contributed by atoms with Gasteiger partial charge in [0.2, 0.25) is 5.91 Å². The van der Waals surface area contributed by atoms with Crippen LogP contribution >= 0.6 is 11.8 Å². The van der Waals surface area contributed by atoms with Crippen LogP contribution in [0.1, 0.15) is 20.8 Å². The van der Waals surface area contributed by atoms with Crippen LogP contribution in [0.25, 0.3) is 11.3 Å². The lowest BCUT2D eigenvalue weighted by Crippen LogP contribution is -2.35. The van der Waals surface area contributed by atoms with E-state index in [-0.39, 0.29) is 23.0 Å². The van der Waals surface area contributed by atoms with Crippen molar-refractivity contribution in [3.05, 3.63) is 36.3 Å². The zero-order chi connectivity index (χ0) is 15.4. The molecule has 1 aromatic carbocycles. The van der Waals surface area contributed by atoms with Crippen molar-refractivity contribution >= 4 is 17.7 Å². The summed E-state index contributed by atoms with van der Waals surface area (Å²) in [6, 6.07) is 6.07. The Labute approximate surface area is 127 Å². The van der Waals surface area contributed by atoms with Gasteiger partial charge in [-0.1, -0.05) is 11.8 Å². The van der Waals surface area contributed by atoms with E-state index in [2.05, 4.69) is 10.3 Å². The quantitative estimate of drug-likeness (QED) is 0.859. The molecule has 1 amide bonds. The SMILES string of the molecule is CC(C)NC(=O)[C@@H](C)Sc1ncc(-c2ccc(F)cc2)o1. The molecule has 1 atom stereocenters. The van der Waals surface area contributed by atoms with Crippen LogP contribution in [0.2, 0.25) is 0 Å². The number of amides is 1. The second-order valence-corrected chi connectivity index (χ2v) is 6.21. The molecule has 0 aliphatic carbocycles. The highest BCUT2D eigenvalue weighted by Gasteiger charge is 2.18. The molecule has 0 fully saturated rings. The van der Waals surface area contributed by atoms with Gasteiger partial charge in [-0.15, -0.1) is 0 Å². The molecule has 0 bridgehead atoms. The van der Waals surface area contributed by atoms with Crippen LogP contribution in [0.15, 0.2) is 40.1 Å². The Morgan fingerprint density at radius 1 is 1.29 bits per heavy atom. The van der Waals surface area contributed by atoms with Crippen molar-refractivity contribution in [3.8, 4) is 11.3 Å². The number of benzene rings is 1. The third-order valence-electron chi connectivity index (χ3n) is 2.69. The van der Waals surface area contributed by atoms with Crippen LogP contribution in [-0.2, 0) is 4.79 Å². The molecule has 0 saturated carbocycles. The minimum Gasteiger partial charge on any atom is -0.431 e. The summed E-state index contributed by atoms with van der Waals surface area (Å²) in [5.74, 6) is 0.192. The molecular weight excluding hydrogens is 291 g/mol. The number of hydrogen-bond acceptors (Lipinski definition) is 4. The van der Waals surface area contributed by atoms with Crippen molar-refractivity contribution in [2.24, 2.45) is 0 Å². The van der Waals surface area contributed by atoms with E-state index in [1.807, 2.05) is 13.8 Å². The molecule has 21 heavy (non-hydrogen) atoms. The van der Waals surface area contributed by atoms with E-state index in [0.29, 0.717) is 11.0 Å². The van der Waals surface area contributed by atoms with E-state index in [1.54, 1.807) is 25.3 Å². The zero-order valence-corrected chi connectivity index (χ0v) is 12.9. The standard InChI is InChI=1S/C15H17FN2O2S/c1-9(2)18-14(19)10(3)21-15-17-8-13(20-15)11-4-6-12(16)7-5-11/h4-10H,1-3H3,(H,18,19)/t10-/m1/s1. The smallest absolute Gasteiger partial charge is 0.256 e. The number of aromatic nitrogens is 1. The number of nitrogens with one attached hydrogen (secondary N) is 1. The van der Waals surface area contributed by atoms with Gasteiger partial charge in [-0.05, 0) is 45.0 Å². The Hall–Kier alpha value is -1.82. The summed E-state index contributed by atoms with van der Waals surface area (Å²) in [6.07, 6.45) is 1.57. The van der Waals surface area contributed by atoms with Gasteiger partial charge < -0.3 is 9.73 Å². The highest BCUT2D eigenvalue weighted by atomic mass is 32.2. The van der Waals surface area contributed by atoms with Gasteiger partial charge in [-0.3, -0.25) is 4.79 Å². The first kappa shape index (κ1) is 15.6. The number of thioether (sulfide) groups is 1. The number of hydrogen-bond donors (Lipinski definition) is 1. The van der Waals surface area contributed by atoms with Crippen molar-refractivity contribution in [2.75, 3.05) is 0 Å². The zero-order valence-electron chi connectivity index (χ0n) is 12.1. The van der Waals surface area contributed by atoms with Crippen molar-refractivity contribution in [1.29, 1.82) is 0 Å². The summed E-state index contributed by atoms with van der Waals surface area (Å²) in [5, 5.41) is 2.95. The van der Waals surface area contributed by atoms with Gasteiger partial charge in [0.05, 0.1) is 11.4 Å². The van der Waals surface area contributed by atoms with Crippen LogP contribution in [0.3, 0.4) is 0 Å². The third-order valence-corrected chi connectivity index (χ3v) is 3.65. The van der Waals surface area contributed by atoms with Gasteiger partial charge >= 0.3 is 0 Å². The normalized spacial score (nSPS) is 12.4. The van der Waals surface area contributed by atoms with Crippen LogP contribution in [0, 0.1) is 5.82 Å². The fraction of sp³-hybridized carbons (Fsp3) is 0.333. The van der Waals surface area contributed by atoms with E-state index in [1.165, 1.54) is 23.9 Å². The minimum atomic E-state index is -0.299. The molecule has 2 rings (SSSR count). The second-order valence-electron chi connectivity index (χ2n) is 4.92. The molecule has 0 aliphatic rings. The third kappa shape index (κ3) is 4.32. The first-order valence-electron chi connectivity index (χ1n) is 6.64. The molecule has 4 nitrogen and oxygen atoms in total. The van der Waals surface area contributed by atoms with Gasteiger partial charge in [0, 0.05) is 11.6 Å². The lowest BCUT2D eigenvalue weighted by molar-refractivity contribution is -0.120. The maximum atomic E-state index is 12.9. The number of rotatable bonds is 5. The van der Waals surface area contributed by atoms with Gasteiger partial charge in [0.1, 0.15) is 5.82 Å². The number of nitrogens with zero attached hydrogens (tertiary/aromatic N) is 1. The first-order valence-corrected chi connectivity index (χ1v) is 7.52. The lowest BCUT2D eigenvalue weighted by Gasteiger charge is -2.12. The predicted octanol–water partition coefficient (Wildman–Crippen LogP) is 3.49. The molecule has 0 saturated heterocycles. The van der Waals surface area contributed by atoms with Crippen molar-refractivity contribution in [1.82, 2.24) is 10.3 Å². The summed E-state index contributed by atoms with van der Waals surface area (Å²) in [6.45, 7) is 5.62. The van der Waals surface area contributed by atoms with Crippen molar-refractivity contribution < 1.29 is 13.6 Å². The maximum Gasteiger partial charge on any atom is 0.256 e. The van der Waals surface area contributed by atoms with Gasteiger partial charge in [0.25, 0.3) is 5.22 Å². The Balaban J connectivity index is 2.03. The Morgan fingerprint density at radius 3 is 2.57 bits per heavy atom. The molecule has 0 radical (unpaired) electrons. The van der Waals surface area contributed by atoms with E-state index >= 15 is 0 Å². The molecule has 1 aromatic heterocycles. The predicted molar refractivity (Wildman–Crippen MR) is 80.5 cm³/mol. The summed E-state index contributed by atoms with van der Waals surface area (Å²) in [5.41, 5.74) is 0.745. The molecule has 6 heteroatoms. The summed E-state index contributed by atoms with van der Waals surface area (Å²) in [4.78, 5) is 16.0. The largest absolute Gasteiger partial charge is 0.431 e. The van der Waals surface area contributed by atoms with Crippen LogP contribution < -0.4 is 5.32 Å². The Kier molecular flexibility index (Phi) is 5.01. The molecular formula is C15H17FN2O2S. The van der Waals surface area contributed by atoms with E-state index in [0.717, 1.165) is 5.56 Å². The minimum absolute atomic E-state index is 0.0588. The molecule has 0 spiro atoms. The second kappa shape index (κ2) is 6.76. The fourth-order valence-electron chi connectivity index (χ4n) is 1.67. The van der Waals surface area contributed by atoms with E-state index < -0.39 is 0 Å². The average molecular weight is 308 g/mol. The molecule has 0 unspecified atom stereocenters. The summed E-state index contributed by atoms with van der Waals surface area (Å²) < 4.78 is 18.5. The Morgan fingerprint density at radius 2 is 1.95 bits per heavy atom.